The Kier molecular flexibility index (Phi) is 4.64. The molecule has 0 amide bonds. The minimum atomic E-state index is 0.925. The van der Waals surface area contributed by atoms with Crippen LogP contribution in [-0.2, 0) is 0 Å². The Labute approximate surface area is 170 Å². The Morgan fingerprint density at radius 2 is 0.929 bits per heavy atom. The quantitative estimate of drug-likeness (QED) is 0.353. The molecule has 0 saturated carbocycles. The zero-order valence-corrected chi connectivity index (χ0v) is 16.3. The lowest BCUT2D eigenvalue weighted by molar-refractivity contribution is 1.23. The molecule has 0 atom stereocenters. The number of benzene rings is 1. The first-order valence-electron chi connectivity index (χ1n) is 8.71. The van der Waals surface area contributed by atoms with Gasteiger partial charge in [-0.2, -0.15) is 0 Å². The molecule has 0 bridgehead atoms. The smallest absolute Gasteiger partial charge is 0.0976 e. The standard InChI is InChI=1S/C22H14N4S2/c1-3-17-19(25-9-1)20-18(4-2-10-26-20)22(28-16-7-13-24-14-8-16)21(17)27-15-5-11-23-12-6-15/h1-14H. The van der Waals surface area contributed by atoms with Crippen molar-refractivity contribution in [2.45, 2.75) is 19.6 Å². The van der Waals surface area contributed by atoms with Crippen LogP contribution in [0.1, 0.15) is 0 Å². The van der Waals surface area contributed by atoms with Crippen molar-refractivity contribution in [2.75, 3.05) is 0 Å². The topological polar surface area (TPSA) is 51.6 Å². The van der Waals surface area contributed by atoms with Gasteiger partial charge in [-0.1, -0.05) is 35.7 Å². The Morgan fingerprint density at radius 1 is 0.500 bits per heavy atom. The Balaban J connectivity index is 1.81. The third kappa shape index (κ3) is 3.21. The summed E-state index contributed by atoms with van der Waals surface area (Å²) in [7, 11) is 0. The number of fused-ring (bicyclic) bond motifs is 3. The summed E-state index contributed by atoms with van der Waals surface area (Å²) in [6, 6.07) is 16.3. The van der Waals surface area contributed by atoms with E-state index in [1.165, 1.54) is 9.79 Å². The third-order valence-corrected chi connectivity index (χ3v) is 6.68. The largest absolute Gasteiger partial charge is 0.265 e. The van der Waals surface area contributed by atoms with Crippen molar-refractivity contribution in [1.82, 2.24) is 19.9 Å². The molecule has 28 heavy (non-hydrogen) atoms. The van der Waals surface area contributed by atoms with E-state index in [9.17, 15) is 0 Å². The molecule has 4 nitrogen and oxygen atoms in total. The Hall–Kier alpha value is -2.96. The number of pyridine rings is 4. The van der Waals surface area contributed by atoms with Gasteiger partial charge in [-0.05, 0) is 36.4 Å². The van der Waals surface area contributed by atoms with Crippen molar-refractivity contribution in [1.29, 1.82) is 0 Å². The lowest BCUT2D eigenvalue weighted by atomic mass is 10.1. The molecule has 134 valence electrons. The molecule has 4 aromatic heterocycles. The summed E-state index contributed by atoms with van der Waals surface area (Å²) in [5, 5.41) is 2.21. The fourth-order valence-corrected chi connectivity index (χ4v) is 5.24. The number of hydrogen-bond acceptors (Lipinski definition) is 6. The molecule has 0 saturated heterocycles. The van der Waals surface area contributed by atoms with Crippen LogP contribution in [0.4, 0.5) is 0 Å². The van der Waals surface area contributed by atoms with Crippen molar-refractivity contribution < 1.29 is 0 Å². The average Bonchev–Trinajstić information content (AvgIpc) is 2.77. The first-order chi connectivity index (χ1) is 13.9. The van der Waals surface area contributed by atoms with Crippen LogP contribution < -0.4 is 0 Å². The summed E-state index contributed by atoms with van der Waals surface area (Å²) < 4.78 is 0. The van der Waals surface area contributed by atoms with Gasteiger partial charge in [0.05, 0.1) is 11.0 Å². The van der Waals surface area contributed by atoms with E-state index in [1.54, 1.807) is 23.5 Å². The average molecular weight is 399 g/mol. The lowest BCUT2D eigenvalue weighted by Gasteiger charge is -2.15. The highest BCUT2D eigenvalue weighted by molar-refractivity contribution is 8.02. The van der Waals surface area contributed by atoms with Gasteiger partial charge < -0.3 is 0 Å². The van der Waals surface area contributed by atoms with Crippen LogP contribution in [0.2, 0.25) is 0 Å². The second kappa shape index (κ2) is 7.58. The van der Waals surface area contributed by atoms with Gasteiger partial charge >= 0.3 is 0 Å². The second-order valence-electron chi connectivity index (χ2n) is 6.03. The molecule has 0 aliphatic heterocycles. The van der Waals surface area contributed by atoms with Crippen LogP contribution in [0, 0.1) is 0 Å². The van der Waals surface area contributed by atoms with E-state index in [2.05, 4.69) is 32.1 Å². The molecule has 1 aromatic carbocycles. The molecule has 0 fully saturated rings. The number of nitrogens with zero attached hydrogens (tertiary/aromatic N) is 4. The molecule has 0 aliphatic rings. The summed E-state index contributed by atoms with van der Waals surface area (Å²) in [6.07, 6.45) is 10.9. The van der Waals surface area contributed by atoms with E-state index in [0.29, 0.717) is 0 Å². The zero-order chi connectivity index (χ0) is 18.8. The van der Waals surface area contributed by atoms with E-state index >= 15 is 0 Å². The van der Waals surface area contributed by atoms with E-state index in [0.717, 1.165) is 31.6 Å². The SMILES string of the molecule is c1cnc2c(c1)c(Sc1ccncc1)c(Sc1ccncc1)c1cccnc12. The minimum absolute atomic E-state index is 0.925. The Bertz CT molecular complexity index is 1160. The Morgan fingerprint density at radius 3 is 1.36 bits per heavy atom. The van der Waals surface area contributed by atoms with E-state index in [-0.39, 0.29) is 0 Å². The third-order valence-electron chi connectivity index (χ3n) is 4.27. The predicted molar refractivity (Wildman–Crippen MR) is 114 cm³/mol. The van der Waals surface area contributed by atoms with Crippen LogP contribution in [0.3, 0.4) is 0 Å². The molecule has 5 rings (SSSR count). The monoisotopic (exact) mass is 398 g/mol. The van der Waals surface area contributed by atoms with Crippen LogP contribution >= 0.6 is 23.5 Å². The molecule has 5 aromatic rings. The molecular formula is C22H14N4S2. The molecule has 0 unspecified atom stereocenters. The van der Waals surface area contributed by atoms with Crippen LogP contribution in [-0.4, -0.2) is 19.9 Å². The molecule has 0 radical (unpaired) electrons. The van der Waals surface area contributed by atoms with Gasteiger partial charge in [0.1, 0.15) is 0 Å². The maximum atomic E-state index is 4.65. The highest BCUT2D eigenvalue weighted by Crippen LogP contribution is 2.46. The zero-order valence-electron chi connectivity index (χ0n) is 14.7. The number of aromatic nitrogens is 4. The minimum Gasteiger partial charge on any atom is -0.265 e. The normalized spacial score (nSPS) is 11.1. The van der Waals surface area contributed by atoms with Crippen LogP contribution in [0.25, 0.3) is 21.8 Å². The highest BCUT2D eigenvalue weighted by Gasteiger charge is 2.18. The van der Waals surface area contributed by atoms with Gasteiger partial charge in [0.2, 0.25) is 0 Å². The summed E-state index contributed by atoms with van der Waals surface area (Å²) >= 11 is 3.47. The number of hydrogen-bond donors (Lipinski definition) is 0. The summed E-state index contributed by atoms with van der Waals surface area (Å²) in [5.41, 5.74) is 1.85. The van der Waals surface area contributed by atoms with Gasteiger partial charge in [-0.3, -0.25) is 19.9 Å². The summed E-state index contributed by atoms with van der Waals surface area (Å²) in [5.74, 6) is 0. The maximum absolute atomic E-state index is 4.65. The maximum Gasteiger partial charge on any atom is 0.0976 e. The predicted octanol–water partition coefficient (Wildman–Crippen LogP) is 5.88. The highest BCUT2D eigenvalue weighted by atomic mass is 32.2. The second-order valence-corrected chi connectivity index (χ2v) is 8.19. The molecule has 6 heteroatoms. The first-order valence-corrected chi connectivity index (χ1v) is 10.3. The molecule has 0 aliphatic carbocycles. The molecular weight excluding hydrogens is 384 g/mol. The molecule has 4 heterocycles. The van der Waals surface area contributed by atoms with E-state index in [1.807, 2.05) is 73.6 Å². The van der Waals surface area contributed by atoms with Crippen molar-refractivity contribution in [3.8, 4) is 0 Å². The van der Waals surface area contributed by atoms with Crippen LogP contribution in [0.15, 0.2) is 105 Å². The van der Waals surface area contributed by atoms with Gasteiger partial charge in [0, 0.05) is 67.5 Å². The van der Waals surface area contributed by atoms with Gasteiger partial charge in [0.25, 0.3) is 0 Å². The first kappa shape index (κ1) is 17.2. The van der Waals surface area contributed by atoms with Gasteiger partial charge in [-0.25, -0.2) is 0 Å². The fraction of sp³-hybridized carbons (Fsp3) is 0. The van der Waals surface area contributed by atoms with Crippen molar-refractivity contribution in [3.05, 3.63) is 85.7 Å². The van der Waals surface area contributed by atoms with Crippen LogP contribution in [0.5, 0.6) is 0 Å². The van der Waals surface area contributed by atoms with E-state index < -0.39 is 0 Å². The summed E-state index contributed by atoms with van der Waals surface area (Å²) in [4.78, 5) is 22.2. The van der Waals surface area contributed by atoms with E-state index in [4.69, 9.17) is 0 Å². The number of rotatable bonds is 4. The van der Waals surface area contributed by atoms with Crippen molar-refractivity contribution >= 4 is 45.3 Å². The fourth-order valence-electron chi connectivity index (χ4n) is 3.05. The lowest BCUT2D eigenvalue weighted by Crippen LogP contribution is -1.92. The summed E-state index contributed by atoms with van der Waals surface area (Å²) in [6.45, 7) is 0. The van der Waals surface area contributed by atoms with Crippen molar-refractivity contribution in [2.24, 2.45) is 0 Å². The van der Waals surface area contributed by atoms with Gasteiger partial charge in [-0.15, -0.1) is 0 Å². The molecule has 0 N–H and O–H groups in total. The molecule has 0 spiro atoms. The van der Waals surface area contributed by atoms with Crippen molar-refractivity contribution in [3.63, 3.8) is 0 Å². The van der Waals surface area contributed by atoms with Gasteiger partial charge in [0.15, 0.2) is 0 Å².